The number of anilines is 1. The molecular formula is C30H40N4O3. The van der Waals surface area contributed by atoms with Crippen molar-refractivity contribution in [2.75, 3.05) is 25.2 Å². The summed E-state index contributed by atoms with van der Waals surface area (Å²) in [7, 11) is 2.11. The van der Waals surface area contributed by atoms with Crippen LogP contribution in [0.15, 0.2) is 34.1 Å². The molecule has 0 radical (unpaired) electrons. The Morgan fingerprint density at radius 1 is 1.19 bits per heavy atom. The van der Waals surface area contributed by atoms with Crippen molar-refractivity contribution in [2.45, 2.75) is 78.4 Å². The van der Waals surface area contributed by atoms with Crippen LogP contribution in [0.3, 0.4) is 0 Å². The molecule has 0 bridgehead atoms. The van der Waals surface area contributed by atoms with Gasteiger partial charge in [-0.15, -0.1) is 0 Å². The fourth-order valence-electron chi connectivity index (χ4n) is 5.38. The number of benzene rings is 1. The SMILES string of the molecule is CCCC1CC=C(c2cc(C(=O)NCc3c(C)cc(C)[nH]c3=O)c(C)c(N(C)C3CCOCC3)c2)C=N1. The summed E-state index contributed by atoms with van der Waals surface area (Å²) in [5.41, 5.74) is 6.75. The Balaban J connectivity index is 1.66. The first-order chi connectivity index (χ1) is 17.8. The Morgan fingerprint density at radius 3 is 2.59 bits per heavy atom. The molecule has 1 unspecified atom stereocenters. The standard InChI is InChI=1S/C30H40N4O3/c1-6-7-24-9-8-22(17-31-24)23-15-26(21(4)28(16-23)34(5)25-10-12-37-13-11-25)29(35)32-18-27-19(2)14-20(3)33-30(27)36/h8,14-17,24-25H,6-7,9-13,18H2,1-5H3,(H,32,35)(H,33,36). The lowest BCUT2D eigenvalue weighted by molar-refractivity contribution is 0.0854. The molecule has 0 saturated carbocycles. The van der Waals surface area contributed by atoms with Gasteiger partial charge in [-0.1, -0.05) is 19.4 Å². The van der Waals surface area contributed by atoms with Gasteiger partial charge >= 0.3 is 0 Å². The maximum Gasteiger partial charge on any atom is 0.253 e. The van der Waals surface area contributed by atoms with E-state index < -0.39 is 0 Å². The minimum atomic E-state index is -0.183. The quantitative estimate of drug-likeness (QED) is 0.537. The number of carbonyl (C=O) groups is 1. The van der Waals surface area contributed by atoms with Crippen LogP contribution in [0.25, 0.3) is 5.57 Å². The summed E-state index contributed by atoms with van der Waals surface area (Å²) in [6.07, 6.45) is 9.23. The highest BCUT2D eigenvalue weighted by molar-refractivity contribution is 6.12. The molecule has 2 aromatic rings. The number of carbonyl (C=O) groups excluding carboxylic acids is 1. The number of dihydropyridines is 1. The Morgan fingerprint density at radius 2 is 1.95 bits per heavy atom. The molecule has 198 valence electrons. The van der Waals surface area contributed by atoms with Gasteiger partial charge in [-0.2, -0.15) is 0 Å². The second-order valence-electron chi connectivity index (χ2n) is 10.4. The van der Waals surface area contributed by atoms with Crippen molar-refractivity contribution in [3.63, 3.8) is 0 Å². The second kappa shape index (κ2) is 11.9. The van der Waals surface area contributed by atoms with Crippen LogP contribution in [0.1, 0.15) is 77.3 Å². The van der Waals surface area contributed by atoms with E-state index in [1.807, 2.05) is 39.1 Å². The minimum absolute atomic E-state index is 0.159. The molecule has 7 nitrogen and oxygen atoms in total. The Labute approximate surface area is 220 Å². The molecule has 1 amide bonds. The van der Waals surface area contributed by atoms with Gasteiger partial charge in [0.25, 0.3) is 11.5 Å². The van der Waals surface area contributed by atoms with Crippen molar-refractivity contribution < 1.29 is 9.53 Å². The van der Waals surface area contributed by atoms with Crippen LogP contribution in [0.5, 0.6) is 0 Å². The highest BCUT2D eigenvalue weighted by Gasteiger charge is 2.24. The molecule has 1 saturated heterocycles. The lowest BCUT2D eigenvalue weighted by Gasteiger charge is -2.34. The average Bonchev–Trinajstić information content (AvgIpc) is 2.89. The van der Waals surface area contributed by atoms with Crippen LogP contribution >= 0.6 is 0 Å². The van der Waals surface area contributed by atoms with Crippen molar-refractivity contribution in [3.8, 4) is 0 Å². The second-order valence-corrected chi connectivity index (χ2v) is 10.4. The van der Waals surface area contributed by atoms with E-state index in [-0.39, 0.29) is 18.0 Å². The number of hydrogen-bond donors (Lipinski definition) is 2. The molecule has 0 spiro atoms. The summed E-state index contributed by atoms with van der Waals surface area (Å²) in [6.45, 7) is 9.63. The van der Waals surface area contributed by atoms with E-state index in [0.29, 0.717) is 23.2 Å². The fourth-order valence-corrected chi connectivity index (χ4v) is 5.38. The van der Waals surface area contributed by atoms with E-state index in [9.17, 15) is 9.59 Å². The Bertz CT molecular complexity index is 1250. The van der Waals surface area contributed by atoms with Crippen molar-refractivity contribution in [1.82, 2.24) is 10.3 Å². The highest BCUT2D eigenvalue weighted by atomic mass is 16.5. The third-order valence-electron chi connectivity index (χ3n) is 7.65. The third kappa shape index (κ3) is 6.21. The first-order valence-electron chi connectivity index (χ1n) is 13.4. The van der Waals surface area contributed by atoms with E-state index in [2.05, 4.69) is 41.3 Å². The van der Waals surface area contributed by atoms with Crippen molar-refractivity contribution in [2.24, 2.45) is 4.99 Å². The number of hydrogen-bond acceptors (Lipinski definition) is 5. The molecule has 2 N–H and O–H groups in total. The smallest absolute Gasteiger partial charge is 0.253 e. The first kappa shape index (κ1) is 26.9. The number of H-pyrrole nitrogens is 1. The van der Waals surface area contributed by atoms with Gasteiger partial charge in [-0.3, -0.25) is 14.6 Å². The molecule has 1 aromatic carbocycles. The van der Waals surface area contributed by atoms with Crippen LogP contribution in [-0.4, -0.2) is 49.5 Å². The summed E-state index contributed by atoms with van der Waals surface area (Å²) in [4.78, 5) is 35.9. The number of aromatic nitrogens is 1. The van der Waals surface area contributed by atoms with Crippen LogP contribution in [-0.2, 0) is 11.3 Å². The monoisotopic (exact) mass is 504 g/mol. The predicted molar refractivity (Wildman–Crippen MR) is 151 cm³/mol. The summed E-state index contributed by atoms with van der Waals surface area (Å²) < 4.78 is 5.58. The molecule has 2 aliphatic heterocycles. The van der Waals surface area contributed by atoms with E-state index in [0.717, 1.165) is 79.0 Å². The number of allylic oxidation sites excluding steroid dienone is 1. The topological polar surface area (TPSA) is 86.8 Å². The van der Waals surface area contributed by atoms with Gasteiger partial charge in [0.15, 0.2) is 0 Å². The minimum Gasteiger partial charge on any atom is -0.381 e. The first-order valence-corrected chi connectivity index (χ1v) is 13.4. The van der Waals surface area contributed by atoms with E-state index >= 15 is 0 Å². The molecule has 7 heteroatoms. The van der Waals surface area contributed by atoms with Crippen molar-refractivity contribution in [1.29, 1.82) is 0 Å². The summed E-state index contributed by atoms with van der Waals surface area (Å²) in [5, 5.41) is 3.01. The molecule has 1 aromatic heterocycles. The number of pyridine rings is 1. The van der Waals surface area contributed by atoms with Gasteiger partial charge in [0.1, 0.15) is 0 Å². The van der Waals surface area contributed by atoms with Gasteiger partial charge in [0, 0.05) is 61.6 Å². The Hall–Kier alpha value is -3.19. The molecule has 37 heavy (non-hydrogen) atoms. The fraction of sp³-hybridized carbons (Fsp3) is 0.500. The summed E-state index contributed by atoms with van der Waals surface area (Å²) >= 11 is 0. The summed E-state index contributed by atoms with van der Waals surface area (Å²) in [5.74, 6) is -0.183. The van der Waals surface area contributed by atoms with Gasteiger partial charge in [0.05, 0.1) is 6.04 Å². The number of nitrogens with one attached hydrogen (secondary N) is 2. The zero-order valence-electron chi connectivity index (χ0n) is 22.8. The van der Waals surface area contributed by atoms with Crippen molar-refractivity contribution in [3.05, 3.63) is 68.1 Å². The lowest BCUT2D eigenvalue weighted by Crippen LogP contribution is -2.37. The zero-order chi connectivity index (χ0) is 26.5. The highest BCUT2D eigenvalue weighted by Crippen LogP contribution is 2.32. The Kier molecular flexibility index (Phi) is 8.64. The maximum absolute atomic E-state index is 13.5. The number of nitrogens with zero attached hydrogens (tertiary/aromatic N) is 2. The number of amides is 1. The molecule has 0 aliphatic carbocycles. The molecule has 2 aliphatic rings. The molecule has 4 rings (SSSR count). The zero-order valence-corrected chi connectivity index (χ0v) is 22.8. The predicted octanol–water partition coefficient (Wildman–Crippen LogP) is 4.87. The van der Waals surface area contributed by atoms with Crippen LogP contribution in [0.4, 0.5) is 5.69 Å². The summed E-state index contributed by atoms with van der Waals surface area (Å²) in [6, 6.07) is 6.78. The van der Waals surface area contributed by atoms with Gasteiger partial charge in [-0.05, 0) is 86.9 Å². The van der Waals surface area contributed by atoms with E-state index in [1.165, 1.54) is 0 Å². The van der Waals surface area contributed by atoms with Crippen LogP contribution in [0.2, 0.25) is 0 Å². The molecule has 1 atom stereocenters. The van der Waals surface area contributed by atoms with Gasteiger partial charge < -0.3 is 19.9 Å². The lowest BCUT2D eigenvalue weighted by atomic mass is 9.93. The normalized spacial score (nSPS) is 18.0. The van der Waals surface area contributed by atoms with Crippen LogP contribution in [0, 0.1) is 20.8 Å². The van der Waals surface area contributed by atoms with Crippen molar-refractivity contribution >= 4 is 23.4 Å². The number of ether oxygens (including phenoxy) is 1. The number of rotatable bonds is 8. The average molecular weight is 505 g/mol. The number of aryl methyl sites for hydroxylation is 2. The molecule has 1 fully saturated rings. The molecule has 3 heterocycles. The third-order valence-corrected chi connectivity index (χ3v) is 7.65. The van der Waals surface area contributed by atoms with E-state index in [1.54, 1.807) is 0 Å². The molecular weight excluding hydrogens is 464 g/mol. The van der Waals surface area contributed by atoms with Crippen LogP contribution < -0.4 is 15.8 Å². The van der Waals surface area contributed by atoms with Gasteiger partial charge in [0.2, 0.25) is 0 Å². The van der Waals surface area contributed by atoms with E-state index in [4.69, 9.17) is 9.73 Å². The number of aromatic amines is 1. The van der Waals surface area contributed by atoms with Gasteiger partial charge in [-0.25, -0.2) is 0 Å². The maximum atomic E-state index is 13.5. The largest absolute Gasteiger partial charge is 0.381 e. The number of aliphatic imine (C=N–C) groups is 1.